The topological polar surface area (TPSA) is 58.6 Å². The van der Waals surface area contributed by atoms with Gasteiger partial charge in [-0.1, -0.05) is 84.0 Å². The molecule has 0 radical (unpaired) electrons. The SMILES string of the molecule is O=C(Cc1ccccc1)NN1C(=O)/C(=C/c2ccccc2OCc2ccc(Cl)cc2)SC1=S. The molecule has 1 aliphatic heterocycles. The number of halogens is 1. The number of thioether (sulfide) groups is 1. The zero-order valence-electron chi connectivity index (χ0n) is 17.4. The molecule has 33 heavy (non-hydrogen) atoms. The number of thiocarbonyl (C=S) groups is 1. The van der Waals surface area contributed by atoms with Crippen molar-refractivity contribution < 1.29 is 14.3 Å². The predicted octanol–water partition coefficient (Wildman–Crippen LogP) is 5.39. The van der Waals surface area contributed by atoms with Gasteiger partial charge in [-0.25, -0.2) is 0 Å². The van der Waals surface area contributed by atoms with Crippen LogP contribution in [0.4, 0.5) is 0 Å². The Labute approximate surface area is 206 Å². The minimum Gasteiger partial charge on any atom is -0.488 e. The normalized spacial score (nSPS) is 14.6. The highest BCUT2D eigenvalue weighted by Crippen LogP contribution is 2.33. The molecule has 8 heteroatoms. The van der Waals surface area contributed by atoms with Crippen LogP contribution in [0.3, 0.4) is 0 Å². The molecular formula is C25H19ClN2O3S2. The van der Waals surface area contributed by atoms with Crippen LogP contribution in [-0.2, 0) is 22.6 Å². The van der Waals surface area contributed by atoms with Gasteiger partial charge in [0.25, 0.3) is 5.91 Å². The van der Waals surface area contributed by atoms with Crippen LogP contribution in [0.1, 0.15) is 16.7 Å². The third-order valence-electron chi connectivity index (χ3n) is 4.75. The van der Waals surface area contributed by atoms with E-state index in [9.17, 15) is 9.59 Å². The second-order valence-electron chi connectivity index (χ2n) is 7.17. The average molecular weight is 495 g/mol. The second kappa shape index (κ2) is 10.7. The standard InChI is InChI=1S/C25H19ClN2O3S2/c26-20-12-10-18(11-13-20)16-31-21-9-5-4-8-19(21)15-22-24(30)28(25(32)33-22)27-23(29)14-17-6-2-1-3-7-17/h1-13,15H,14,16H2,(H,27,29)/b22-15-. The van der Waals surface area contributed by atoms with Gasteiger partial charge in [-0.3, -0.25) is 15.0 Å². The maximum atomic E-state index is 12.9. The van der Waals surface area contributed by atoms with Crippen molar-refractivity contribution in [1.29, 1.82) is 0 Å². The summed E-state index contributed by atoms with van der Waals surface area (Å²) in [5.74, 6) is -0.0600. The Balaban J connectivity index is 1.45. The van der Waals surface area contributed by atoms with Gasteiger partial charge in [0, 0.05) is 10.6 Å². The van der Waals surface area contributed by atoms with Gasteiger partial charge in [-0.05, 0) is 47.6 Å². The summed E-state index contributed by atoms with van der Waals surface area (Å²) in [4.78, 5) is 25.7. The van der Waals surface area contributed by atoms with Crippen molar-refractivity contribution in [3.05, 3.63) is 105 Å². The molecule has 5 nitrogen and oxygen atoms in total. The van der Waals surface area contributed by atoms with Crippen LogP contribution in [0.2, 0.25) is 5.02 Å². The number of benzene rings is 3. The summed E-state index contributed by atoms with van der Waals surface area (Å²) < 4.78 is 6.24. The lowest BCUT2D eigenvalue weighted by molar-refractivity contribution is -0.132. The van der Waals surface area contributed by atoms with E-state index in [0.717, 1.165) is 33.5 Å². The number of nitrogens with zero attached hydrogens (tertiary/aromatic N) is 1. The highest BCUT2D eigenvalue weighted by molar-refractivity contribution is 8.26. The third-order valence-corrected chi connectivity index (χ3v) is 6.31. The van der Waals surface area contributed by atoms with Crippen LogP contribution in [0.25, 0.3) is 6.08 Å². The first-order valence-corrected chi connectivity index (χ1v) is 11.7. The van der Waals surface area contributed by atoms with Crippen LogP contribution < -0.4 is 10.2 Å². The van der Waals surface area contributed by atoms with E-state index in [4.69, 9.17) is 28.6 Å². The summed E-state index contributed by atoms with van der Waals surface area (Å²) in [7, 11) is 0. The summed E-state index contributed by atoms with van der Waals surface area (Å²) in [5, 5.41) is 1.78. The Morgan fingerprint density at radius 2 is 1.70 bits per heavy atom. The molecule has 1 saturated heterocycles. The summed E-state index contributed by atoms with van der Waals surface area (Å²) in [5.41, 5.74) is 5.17. The molecular weight excluding hydrogens is 476 g/mol. The summed E-state index contributed by atoms with van der Waals surface area (Å²) >= 11 is 12.4. The number of hydrogen-bond acceptors (Lipinski definition) is 5. The molecule has 1 fully saturated rings. The molecule has 3 aromatic carbocycles. The lowest BCUT2D eigenvalue weighted by atomic mass is 10.1. The molecule has 0 aromatic heterocycles. The minimum absolute atomic E-state index is 0.151. The largest absolute Gasteiger partial charge is 0.488 e. The van der Waals surface area contributed by atoms with E-state index in [0.29, 0.717) is 22.3 Å². The number of nitrogens with one attached hydrogen (secondary N) is 1. The number of ether oxygens (including phenoxy) is 1. The molecule has 2 amide bonds. The van der Waals surface area contributed by atoms with Crippen molar-refractivity contribution in [3.63, 3.8) is 0 Å². The Morgan fingerprint density at radius 1 is 1.00 bits per heavy atom. The molecule has 0 saturated carbocycles. The molecule has 4 rings (SSSR count). The highest BCUT2D eigenvalue weighted by Gasteiger charge is 2.33. The van der Waals surface area contributed by atoms with Crippen molar-refractivity contribution in [3.8, 4) is 5.75 Å². The van der Waals surface area contributed by atoms with Gasteiger partial charge in [-0.15, -0.1) is 0 Å². The van der Waals surface area contributed by atoms with E-state index >= 15 is 0 Å². The van der Waals surface area contributed by atoms with Crippen LogP contribution in [0, 0.1) is 0 Å². The number of hydrogen-bond donors (Lipinski definition) is 1. The van der Waals surface area contributed by atoms with Crippen LogP contribution >= 0.6 is 35.6 Å². The summed E-state index contributed by atoms with van der Waals surface area (Å²) in [6, 6.07) is 24.1. The van der Waals surface area contributed by atoms with Gasteiger partial charge < -0.3 is 4.74 Å². The molecule has 0 atom stereocenters. The number of carbonyl (C=O) groups is 2. The predicted molar refractivity (Wildman–Crippen MR) is 136 cm³/mol. The van der Waals surface area contributed by atoms with E-state index in [1.807, 2.05) is 78.9 Å². The van der Waals surface area contributed by atoms with Crippen molar-refractivity contribution in [2.45, 2.75) is 13.0 Å². The Hall–Kier alpha value is -3.13. The molecule has 1 heterocycles. The maximum Gasteiger partial charge on any atom is 0.285 e. The fourth-order valence-corrected chi connectivity index (χ4v) is 4.42. The number of para-hydroxylation sites is 1. The van der Waals surface area contributed by atoms with Gasteiger partial charge in [0.2, 0.25) is 5.91 Å². The quantitative estimate of drug-likeness (QED) is 0.352. The van der Waals surface area contributed by atoms with E-state index in [-0.39, 0.29) is 22.6 Å². The van der Waals surface area contributed by atoms with Crippen molar-refractivity contribution in [1.82, 2.24) is 10.4 Å². The minimum atomic E-state index is -0.376. The van der Waals surface area contributed by atoms with E-state index < -0.39 is 0 Å². The van der Waals surface area contributed by atoms with E-state index in [1.54, 1.807) is 6.08 Å². The number of amides is 2. The van der Waals surface area contributed by atoms with Gasteiger partial charge in [-0.2, -0.15) is 5.01 Å². The zero-order chi connectivity index (χ0) is 23.2. The molecule has 3 aromatic rings. The van der Waals surface area contributed by atoms with Crippen molar-refractivity contribution in [2.24, 2.45) is 0 Å². The third kappa shape index (κ3) is 6.01. The zero-order valence-corrected chi connectivity index (χ0v) is 19.8. The average Bonchev–Trinajstić information content (AvgIpc) is 3.07. The maximum absolute atomic E-state index is 12.9. The molecule has 0 aliphatic carbocycles. The molecule has 166 valence electrons. The van der Waals surface area contributed by atoms with Gasteiger partial charge >= 0.3 is 0 Å². The Kier molecular flexibility index (Phi) is 7.44. The molecule has 1 N–H and O–H groups in total. The Morgan fingerprint density at radius 3 is 2.45 bits per heavy atom. The van der Waals surface area contributed by atoms with Crippen molar-refractivity contribution >= 4 is 57.8 Å². The molecule has 1 aliphatic rings. The molecule has 0 spiro atoms. The monoisotopic (exact) mass is 494 g/mol. The van der Waals surface area contributed by atoms with Crippen LogP contribution in [0.15, 0.2) is 83.8 Å². The smallest absolute Gasteiger partial charge is 0.285 e. The fraction of sp³-hybridized carbons (Fsp3) is 0.0800. The second-order valence-corrected chi connectivity index (χ2v) is 9.28. The van der Waals surface area contributed by atoms with Gasteiger partial charge in [0.15, 0.2) is 4.32 Å². The fourth-order valence-electron chi connectivity index (χ4n) is 3.12. The van der Waals surface area contributed by atoms with Crippen LogP contribution in [0.5, 0.6) is 5.75 Å². The molecule has 0 bridgehead atoms. The van der Waals surface area contributed by atoms with Crippen molar-refractivity contribution in [2.75, 3.05) is 0 Å². The Bertz CT molecular complexity index is 1210. The number of rotatable bonds is 7. The van der Waals surface area contributed by atoms with Gasteiger partial charge in [0.1, 0.15) is 12.4 Å². The summed E-state index contributed by atoms with van der Waals surface area (Å²) in [6.07, 6.45) is 1.87. The molecule has 0 unspecified atom stereocenters. The van der Waals surface area contributed by atoms with E-state index in [2.05, 4.69) is 5.43 Å². The first-order valence-electron chi connectivity index (χ1n) is 10.1. The summed E-state index contributed by atoms with van der Waals surface area (Å²) in [6.45, 7) is 0.360. The number of hydrazine groups is 1. The first-order chi connectivity index (χ1) is 16.0. The number of carbonyl (C=O) groups excluding carboxylic acids is 2. The highest BCUT2D eigenvalue weighted by atomic mass is 35.5. The van der Waals surface area contributed by atoms with Crippen LogP contribution in [-0.4, -0.2) is 21.1 Å². The lowest BCUT2D eigenvalue weighted by Crippen LogP contribution is -2.45. The van der Waals surface area contributed by atoms with Gasteiger partial charge in [0.05, 0.1) is 11.3 Å². The first kappa shape index (κ1) is 23.0. The van der Waals surface area contributed by atoms with E-state index in [1.165, 1.54) is 0 Å². The lowest BCUT2D eigenvalue weighted by Gasteiger charge is -2.15.